The van der Waals surface area contributed by atoms with Gasteiger partial charge >= 0.3 is 0 Å². The van der Waals surface area contributed by atoms with E-state index in [1.54, 1.807) is 6.92 Å². The Hall–Kier alpha value is -0.240. The Bertz CT molecular complexity index is 874. The molecular weight excluding hydrogens is 490 g/mol. The van der Waals surface area contributed by atoms with Crippen LogP contribution in [0.25, 0.3) is 0 Å². The molecule has 6 heteroatoms. The zero-order valence-corrected chi connectivity index (χ0v) is 25.7. The second-order valence-electron chi connectivity index (χ2n) is 16.1. The van der Waals surface area contributed by atoms with Crippen LogP contribution in [0.4, 0.5) is 0 Å². The van der Waals surface area contributed by atoms with E-state index < -0.39 is 36.1 Å². The Morgan fingerprint density at radius 3 is 2.05 bits per heavy atom. The van der Waals surface area contributed by atoms with E-state index in [9.17, 15) is 25.5 Å². The van der Waals surface area contributed by atoms with Gasteiger partial charge in [-0.1, -0.05) is 34.6 Å². The molecule has 0 aliphatic heterocycles. The Morgan fingerprint density at radius 2 is 1.46 bits per heavy atom. The van der Waals surface area contributed by atoms with Crippen LogP contribution in [0.15, 0.2) is 0 Å². The van der Waals surface area contributed by atoms with Gasteiger partial charge in [-0.25, -0.2) is 0 Å². The Morgan fingerprint density at radius 1 is 0.821 bits per heavy atom. The molecule has 0 amide bonds. The molecule has 0 bridgehead atoms. The van der Waals surface area contributed by atoms with Crippen LogP contribution in [0.2, 0.25) is 0 Å². The SMILES string of the molecule is CC(O)NC1CCC(C2CCC(O)C3C(O)C4C(C)C5(C)C(O)C(C(C)O)C(C)CC5(C)CC4(C)CC23)CC1. The fourth-order valence-electron chi connectivity index (χ4n) is 12.4. The van der Waals surface area contributed by atoms with Crippen molar-refractivity contribution in [3.8, 4) is 0 Å². The molecule has 0 aromatic carbocycles. The summed E-state index contributed by atoms with van der Waals surface area (Å²) < 4.78 is 0. The molecule has 0 saturated heterocycles. The van der Waals surface area contributed by atoms with Crippen molar-refractivity contribution in [2.24, 2.45) is 63.6 Å². The maximum absolute atomic E-state index is 12.2. The van der Waals surface area contributed by atoms with Crippen LogP contribution in [-0.2, 0) is 0 Å². The van der Waals surface area contributed by atoms with Crippen LogP contribution < -0.4 is 5.32 Å². The number of aliphatic hydroxyl groups is 5. The Kier molecular flexibility index (Phi) is 8.13. The number of rotatable bonds is 4. The first kappa shape index (κ1) is 30.2. The molecule has 5 rings (SSSR count). The zero-order chi connectivity index (χ0) is 28.7. The summed E-state index contributed by atoms with van der Waals surface area (Å²) in [4.78, 5) is 0. The molecule has 5 fully saturated rings. The van der Waals surface area contributed by atoms with Crippen LogP contribution in [-0.4, -0.2) is 62.2 Å². The number of fused-ring (bicyclic) bond motifs is 3. The highest BCUT2D eigenvalue weighted by Crippen LogP contribution is 2.72. The van der Waals surface area contributed by atoms with Crippen LogP contribution in [0.1, 0.15) is 106 Å². The molecule has 5 aliphatic carbocycles. The van der Waals surface area contributed by atoms with Crippen LogP contribution >= 0.6 is 0 Å². The molecule has 6 N–H and O–H groups in total. The van der Waals surface area contributed by atoms with Crippen molar-refractivity contribution in [1.29, 1.82) is 0 Å². The summed E-state index contributed by atoms with van der Waals surface area (Å²) in [5, 5.41) is 59.3. The van der Waals surface area contributed by atoms with E-state index in [1.807, 2.05) is 6.92 Å². The highest BCUT2D eigenvalue weighted by atomic mass is 16.3. The maximum Gasteiger partial charge on any atom is 0.102 e. The van der Waals surface area contributed by atoms with Gasteiger partial charge in [0.1, 0.15) is 6.23 Å². The highest BCUT2D eigenvalue weighted by molar-refractivity contribution is 5.19. The first-order chi connectivity index (χ1) is 18.1. The van der Waals surface area contributed by atoms with E-state index in [0.29, 0.717) is 23.8 Å². The summed E-state index contributed by atoms with van der Waals surface area (Å²) in [6.07, 6.45) is 6.61. The van der Waals surface area contributed by atoms with E-state index in [4.69, 9.17) is 0 Å². The quantitative estimate of drug-likeness (QED) is 0.291. The van der Waals surface area contributed by atoms with Gasteiger partial charge < -0.3 is 25.5 Å². The van der Waals surface area contributed by atoms with Crippen molar-refractivity contribution >= 4 is 0 Å². The molecule has 15 unspecified atom stereocenters. The van der Waals surface area contributed by atoms with Gasteiger partial charge in [0.25, 0.3) is 0 Å². The molecule has 0 aromatic heterocycles. The third-order valence-electron chi connectivity index (χ3n) is 14.0. The second-order valence-corrected chi connectivity index (χ2v) is 16.1. The number of hydrogen-bond acceptors (Lipinski definition) is 6. The lowest BCUT2D eigenvalue weighted by Gasteiger charge is -2.72. The average Bonchev–Trinajstić information content (AvgIpc) is 2.81. The van der Waals surface area contributed by atoms with Gasteiger partial charge in [0.05, 0.1) is 24.4 Å². The lowest BCUT2D eigenvalue weighted by atomic mass is 9.34. The highest BCUT2D eigenvalue weighted by Gasteiger charge is 2.70. The standard InChI is InChI=1S/C33H59NO5/c1-17-14-32(6)16-31(5)15-24-23(21-8-10-22(11-9-21)34-20(4)36)12-13-25(37)27(24)29(38)28(31)18(2)33(32,7)30(39)26(17)19(3)35/h17-30,34-39H,8-16H2,1-7H3. The first-order valence-corrected chi connectivity index (χ1v) is 16.3. The lowest BCUT2D eigenvalue weighted by Crippen LogP contribution is -2.71. The van der Waals surface area contributed by atoms with Crippen molar-refractivity contribution in [2.75, 3.05) is 0 Å². The smallest absolute Gasteiger partial charge is 0.102 e. The minimum absolute atomic E-state index is 0.0221. The van der Waals surface area contributed by atoms with E-state index in [-0.39, 0.29) is 40.4 Å². The Balaban J connectivity index is 1.44. The summed E-state index contributed by atoms with van der Waals surface area (Å²) in [5.41, 5.74) is -0.541. The van der Waals surface area contributed by atoms with E-state index >= 15 is 0 Å². The first-order valence-electron chi connectivity index (χ1n) is 16.3. The normalized spacial score (nSPS) is 57.5. The van der Waals surface area contributed by atoms with Gasteiger partial charge in [-0.15, -0.1) is 0 Å². The molecule has 6 nitrogen and oxygen atoms in total. The largest absolute Gasteiger partial charge is 0.393 e. The van der Waals surface area contributed by atoms with Crippen molar-refractivity contribution in [1.82, 2.24) is 5.32 Å². The van der Waals surface area contributed by atoms with Gasteiger partial charge in [0, 0.05) is 23.3 Å². The minimum Gasteiger partial charge on any atom is -0.393 e. The predicted octanol–water partition coefficient (Wildman–Crippen LogP) is 4.31. The average molecular weight is 550 g/mol. The number of nitrogens with one attached hydrogen (secondary N) is 1. The molecule has 0 spiro atoms. The van der Waals surface area contributed by atoms with Crippen molar-refractivity contribution in [3.05, 3.63) is 0 Å². The summed E-state index contributed by atoms with van der Waals surface area (Å²) in [6.45, 7) is 15.1. The molecule has 0 radical (unpaired) electrons. The molecule has 0 heterocycles. The summed E-state index contributed by atoms with van der Waals surface area (Å²) >= 11 is 0. The van der Waals surface area contributed by atoms with E-state index in [0.717, 1.165) is 57.8 Å². The lowest BCUT2D eigenvalue weighted by molar-refractivity contribution is -0.282. The van der Waals surface area contributed by atoms with Gasteiger partial charge in [-0.2, -0.15) is 0 Å². The predicted molar refractivity (Wildman–Crippen MR) is 153 cm³/mol. The molecular formula is C33H59NO5. The van der Waals surface area contributed by atoms with E-state index in [1.165, 1.54) is 0 Å². The molecule has 5 aliphatic rings. The summed E-state index contributed by atoms with van der Waals surface area (Å²) in [7, 11) is 0. The molecule has 39 heavy (non-hydrogen) atoms. The van der Waals surface area contributed by atoms with Crippen molar-refractivity contribution in [2.45, 2.75) is 143 Å². The van der Waals surface area contributed by atoms with Gasteiger partial charge in [0.2, 0.25) is 0 Å². The molecule has 15 atom stereocenters. The maximum atomic E-state index is 12.2. The topological polar surface area (TPSA) is 113 Å². The second kappa shape index (κ2) is 10.5. The summed E-state index contributed by atoms with van der Waals surface area (Å²) in [5.74, 6) is 1.56. The fourth-order valence-corrected chi connectivity index (χ4v) is 12.4. The van der Waals surface area contributed by atoms with Gasteiger partial charge in [-0.3, -0.25) is 5.32 Å². The minimum atomic E-state index is -0.620. The number of aliphatic hydroxyl groups excluding tert-OH is 5. The van der Waals surface area contributed by atoms with Gasteiger partial charge in [-0.05, 0) is 118 Å². The fraction of sp³-hybridized carbons (Fsp3) is 1.00. The van der Waals surface area contributed by atoms with Crippen LogP contribution in [0.5, 0.6) is 0 Å². The third-order valence-corrected chi connectivity index (χ3v) is 14.0. The Labute approximate surface area is 237 Å². The van der Waals surface area contributed by atoms with Crippen molar-refractivity contribution in [3.63, 3.8) is 0 Å². The van der Waals surface area contributed by atoms with Crippen LogP contribution in [0.3, 0.4) is 0 Å². The van der Waals surface area contributed by atoms with Crippen molar-refractivity contribution < 1.29 is 25.5 Å². The molecule has 0 aromatic rings. The zero-order valence-electron chi connectivity index (χ0n) is 25.7. The molecule has 5 saturated carbocycles. The molecule has 226 valence electrons. The van der Waals surface area contributed by atoms with Gasteiger partial charge in [0.15, 0.2) is 0 Å². The third kappa shape index (κ3) is 4.66. The van der Waals surface area contributed by atoms with Crippen LogP contribution in [0, 0.1) is 63.6 Å². The monoisotopic (exact) mass is 549 g/mol. The van der Waals surface area contributed by atoms with E-state index in [2.05, 4.69) is 39.9 Å². The number of hydrogen-bond donors (Lipinski definition) is 6. The summed E-state index contributed by atoms with van der Waals surface area (Å²) in [6, 6.07) is 0.382.